The van der Waals surface area contributed by atoms with Gasteiger partial charge in [-0.15, -0.1) is 0 Å². The van der Waals surface area contributed by atoms with Crippen molar-refractivity contribution < 1.29 is 9.90 Å². The Labute approximate surface area is 179 Å². The number of benzene rings is 1. The van der Waals surface area contributed by atoms with Gasteiger partial charge in [-0.25, -0.2) is 14.5 Å². The van der Waals surface area contributed by atoms with Crippen LogP contribution in [0.25, 0.3) is 16.9 Å². The molecule has 2 fully saturated rings. The Hall–Kier alpha value is -2.87. The molecule has 156 valence electrons. The van der Waals surface area contributed by atoms with Crippen molar-refractivity contribution in [2.75, 3.05) is 36.0 Å². The summed E-state index contributed by atoms with van der Waals surface area (Å²) >= 11 is 6.68. The van der Waals surface area contributed by atoms with Gasteiger partial charge in [0.2, 0.25) is 0 Å². The molecule has 8 nitrogen and oxygen atoms in total. The molecule has 2 saturated heterocycles. The highest BCUT2D eigenvalue weighted by molar-refractivity contribution is 6.34. The van der Waals surface area contributed by atoms with Gasteiger partial charge in [-0.3, -0.25) is 0 Å². The van der Waals surface area contributed by atoms with Crippen molar-refractivity contribution in [3.8, 4) is 5.95 Å². The van der Waals surface area contributed by atoms with Crippen LogP contribution in [0.2, 0.25) is 5.02 Å². The van der Waals surface area contributed by atoms with E-state index >= 15 is 0 Å². The number of nitrogens with zero attached hydrogens (tertiary/aromatic N) is 6. The molecule has 3 aromatic rings. The molecule has 9 heteroatoms. The van der Waals surface area contributed by atoms with E-state index in [-0.39, 0.29) is 5.56 Å². The standard InChI is InChI=1S/C21H23ClN6O2/c22-16-11-17-15(10-18(16)26-6-2-1-3-7-26)19(27-8-4-5-9-27)25-21(24-17)28-13-14(12-23-28)20(29)30/h10-13H,1-9H2,(H,29,30). The largest absolute Gasteiger partial charge is 0.478 e. The number of carboxylic acid groups (broad SMARTS) is 1. The highest BCUT2D eigenvalue weighted by atomic mass is 35.5. The number of hydrogen-bond donors (Lipinski definition) is 1. The van der Waals surface area contributed by atoms with E-state index in [9.17, 15) is 9.90 Å². The van der Waals surface area contributed by atoms with Gasteiger partial charge in [0.05, 0.1) is 28.0 Å². The predicted octanol–water partition coefficient (Wildman–Crippen LogP) is 3.76. The van der Waals surface area contributed by atoms with Gasteiger partial charge in [0, 0.05) is 37.8 Å². The second kappa shape index (κ2) is 7.75. The van der Waals surface area contributed by atoms with E-state index in [1.807, 2.05) is 6.07 Å². The highest BCUT2D eigenvalue weighted by Gasteiger charge is 2.22. The normalized spacial score (nSPS) is 17.1. The van der Waals surface area contributed by atoms with Gasteiger partial charge in [-0.05, 0) is 44.2 Å². The molecule has 1 N–H and O–H groups in total. The van der Waals surface area contributed by atoms with Crippen LogP contribution in [0.5, 0.6) is 0 Å². The second-order valence-corrected chi connectivity index (χ2v) is 8.30. The monoisotopic (exact) mass is 426 g/mol. The third kappa shape index (κ3) is 3.45. The van der Waals surface area contributed by atoms with Crippen LogP contribution in [0.3, 0.4) is 0 Å². The lowest BCUT2D eigenvalue weighted by Crippen LogP contribution is -2.29. The zero-order valence-electron chi connectivity index (χ0n) is 16.6. The Bertz CT molecular complexity index is 1100. The number of halogens is 1. The molecule has 0 radical (unpaired) electrons. The van der Waals surface area contributed by atoms with Gasteiger partial charge in [0.25, 0.3) is 5.95 Å². The minimum atomic E-state index is -1.03. The molecule has 0 spiro atoms. The summed E-state index contributed by atoms with van der Waals surface area (Å²) < 4.78 is 1.41. The fourth-order valence-corrected chi connectivity index (χ4v) is 4.58. The SMILES string of the molecule is O=C(O)c1cnn(-c2nc(N3CCCC3)c3cc(N4CCCCC4)c(Cl)cc3n2)c1. The molecule has 5 rings (SSSR count). The van der Waals surface area contributed by atoms with E-state index in [0.29, 0.717) is 11.0 Å². The summed E-state index contributed by atoms with van der Waals surface area (Å²) in [5, 5.41) is 15.0. The first kappa shape index (κ1) is 19.1. The van der Waals surface area contributed by atoms with Crippen molar-refractivity contribution in [2.24, 2.45) is 0 Å². The molecule has 0 unspecified atom stereocenters. The fourth-order valence-electron chi connectivity index (χ4n) is 4.30. The van der Waals surface area contributed by atoms with E-state index in [1.54, 1.807) is 0 Å². The quantitative estimate of drug-likeness (QED) is 0.679. The number of aromatic nitrogens is 4. The maximum atomic E-state index is 11.2. The number of carboxylic acids is 1. The summed E-state index contributed by atoms with van der Waals surface area (Å²) in [5.74, 6) is 0.171. The van der Waals surface area contributed by atoms with E-state index in [1.165, 1.54) is 36.3 Å². The molecule has 2 aromatic heterocycles. The van der Waals surface area contributed by atoms with Gasteiger partial charge >= 0.3 is 5.97 Å². The topological polar surface area (TPSA) is 87.4 Å². The number of piperidine rings is 1. The fraction of sp³-hybridized carbons (Fsp3) is 0.429. The molecular weight excluding hydrogens is 404 g/mol. The van der Waals surface area contributed by atoms with Crippen molar-refractivity contribution >= 4 is 40.0 Å². The van der Waals surface area contributed by atoms with Crippen LogP contribution in [0.1, 0.15) is 42.5 Å². The lowest BCUT2D eigenvalue weighted by atomic mass is 10.1. The van der Waals surface area contributed by atoms with Gasteiger partial charge in [-0.2, -0.15) is 10.1 Å². The molecule has 0 amide bonds. The van der Waals surface area contributed by atoms with Crippen molar-refractivity contribution in [1.82, 2.24) is 19.7 Å². The van der Waals surface area contributed by atoms with Crippen LogP contribution in [0.15, 0.2) is 24.5 Å². The summed E-state index contributed by atoms with van der Waals surface area (Å²) in [5.41, 5.74) is 1.87. The van der Waals surface area contributed by atoms with Crippen molar-refractivity contribution in [2.45, 2.75) is 32.1 Å². The first-order valence-electron chi connectivity index (χ1n) is 10.4. The number of fused-ring (bicyclic) bond motifs is 1. The average Bonchev–Trinajstić information content (AvgIpc) is 3.45. The van der Waals surface area contributed by atoms with E-state index in [2.05, 4.69) is 25.9 Å². The summed E-state index contributed by atoms with van der Waals surface area (Å²) in [7, 11) is 0. The molecule has 2 aliphatic heterocycles. The third-order valence-electron chi connectivity index (χ3n) is 5.87. The minimum absolute atomic E-state index is 0.0971. The summed E-state index contributed by atoms with van der Waals surface area (Å²) in [4.78, 5) is 25.3. The average molecular weight is 427 g/mol. The molecule has 1 aromatic carbocycles. The smallest absolute Gasteiger partial charge is 0.338 e. The maximum Gasteiger partial charge on any atom is 0.338 e. The van der Waals surface area contributed by atoms with Crippen LogP contribution < -0.4 is 9.80 Å². The van der Waals surface area contributed by atoms with E-state index in [0.717, 1.165) is 61.4 Å². The zero-order chi connectivity index (χ0) is 20.7. The van der Waals surface area contributed by atoms with Crippen LogP contribution in [-0.4, -0.2) is 57.0 Å². The van der Waals surface area contributed by atoms with Crippen molar-refractivity contribution in [1.29, 1.82) is 0 Å². The van der Waals surface area contributed by atoms with Crippen molar-refractivity contribution in [3.63, 3.8) is 0 Å². The summed E-state index contributed by atoms with van der Waals surface area (Å²) in [6.07, 6.45) is 8.59. The summed E-state index contributed by atoms with van der Waals surface area (Å²) in [6, 6.07) is 4.01. The Kier molecular flexibility index (Phi) is 4.94. The number of hydrogen-bond acceptors (Lipinski definition) is 6. The third-order valence-corrected chi connectivity index (χ3v) is 6.17. The van der Waals surface area contributed by atoms with E-state index < -0.39 is 5.97 Å². The maximum absolute atomic E-state index is 11.2. The molecule has 0 aliphatic carbocycles. The predicted molar refractivity (Wildman–Crippen MR) is 116 cm³/mol. The van der Waals surface area contributed by atoms with Crippen LogP contribution in [-0.2, 0) is 0 Å². The van der Waals surface area contributed by atoms with E-state index in [4.69, 9.17) is 16.6 Å². The van der Waals surface area contributed by atoms with Crippen LogP contribution >= 0.6 is 11.6 Å². The van der Waals surface area contributed by atoms with Crippen LogP contribution in [0, 0.1) is 0 Å². The molecule has 0 bridgehead atoms. The molecule has 2 aliphatic rings. The molecule has 30 heavy (non-hydrogen) atoms. The van der Waals surface area contributed by atoms with Gasteiger partial charge in [0.15, 0.2) is 0 Å². The molecule has 4 heterocycles. The number of carbonyl (C=O) groups is 1. The Balaban J connectivity index is 1.65. The zero-order valence-corrected chi connectivity index (χ0v) is 17.3. The lowest BCUT2D eigenvalue weighted by Gasteiger charge is -2.30. The number of aromatic carboxylic acids is 1. The first-order chi connectivity index (χ1) is 14.6. The van der Waals surface area contributed by atoms with Gasteiger partial charge in [0.1, 0.15) is 5.82 Å². The summed E-state index contributed by atoms with van der Waals surface area (Å²) in [6.45, 7) is 3.89. The molecular formula is C21H23ClN6O2. The van der Waals surface area contributed by atoms with Gasteiger partial charge in [-0.1, -0.05) is 11.6 Å². The second-order valence-electron chi connectivity index (χ2n) is 7.89. The minimum Gasteiger partial charge on any atom is -0.478 e. The van der Waals surface area contributed by atoms with Crippen LogP contribution in [0.4, 0.5) is 11.5 Å². The number of rotatable bonds is 4. The lowest BCUT2D eigenvalue weighted by molar-refractivity contribution is 0.0697. The Morgan fingerprint density at radius 3 is 2.37 bits per heavy atom. The Morgan fingerprint density at radius 1 is 0.967 bits per heavy atom. The number of anilines is 2. The molecule has 0 atom stereocenters. The highest BCUT2D eigenvalue weighted by Crippen LogP contribution is 2.36. The van der Waals surface area contributed by atoms with Crippen molar-refractivity contribution in [3.05, 3.63) is 35.1 Å². The molecule has 0 saturated carbocycles. The van der Waals surface area contributed by atoms with Gasteiger partial charge < -0.3 is 14.9 Å². The Morgan fingerprint density at radius 2 is 1.67 bits per heavy atom. The first-order valence-corrected chi connectivity index (χ1v) is 10.8.